The van der Waals surface area contributed by atoms with Crippen LogP contribution in [-0.4, -0.2) is 34.9 Å². The molecule has 0 aliphatic carbocycles. The first kappa shape index (κ1) is 17.8. The van der Waals surface area contributed by atoms with Gasteiger partial charge in [0.1, 0.15) is 5.82 Å². The Morgan fingerprint density at radius 3 is 2.84 bits per heavy atom. The quantitative estimate of drug-likeness (QED) is 0.833. The smallest absolute Gasteiger partial charge is 0.244 e. The summed E-state index contributed by atoms with van der Waals surface area (Å²) in [6, 6.07) is 7.07. The van der Waals surface area contributed by atoms with E-state index in [9.17, 15) is 9.18 Å². The second-order valence-electron chi connectivity index (χ2n) is 6.28. The van der Waals surface area contributed by atoms with Gasteiger partial charge in [-0.25, -0.2) is 9.37 Å². The molecule has 1 aromatic carbocycles. The maximum absolute atomic E-state index is 13.7. The van der Waals surface area contributed by atoms with Gasteiger partial charge >= 0.3 is 0 Å². The highest BCUT2D eigenvalue weighted by Gasteiger charge is 2.20. The van der Waals surface area contributed by atoms with E-state index in [0.29, 0.717) is 6.54 Å². The number of piperidine rings is 1. The normalized spacial score (nSPS) is 16.4. The molecule has 0 unspecified atom stereocenters. The zero-order valence-electron chi connectivity index (χ0n) is 14.2. The van der Waals surface area contributed by atoms with Gasteiger partial charge in [-0.15, -0.1) is 11.3 Å². The van der Waals surface area contributed by atoms with Crippen molar-refractivity contribution in [3.05, 3.63) is 57.8 Å². The van der Waals surface area contributed by atoms with E-state index in [1.807, 2.05) is 24.4 Å². The average molecular weight is 359 g/mol. The Morgan fingerprint density at radius 1 is 1.40 bits per heavy atom. The maximum atomic E-state index is 13.7. The summed E-state index contributed by atoms with van der Waals surface area (Å²) in [5.74, 6) is -0.237. The van der Waals surface area contributed by atoms with E-state index >= 15 is 0 Å². The van der Waals surface area contributed by atoms with E-state index in [1.165, 1.54) is 6.07 Å². The lowest BCUT2D eigenvalue weighted by Crippen LogP contribution is -2.44. The van der Waals surface area contributed by atoms with Crippen molar-refractivity contribution in [2.24, 2.45) is 0 Å². The predicted molar refractivity (Wildman–Crippen MR) is 98.7 cm³/mol. The molecule has 1 N–H and O–H groups in total. The van der Waals surface area contributed by atoms with E-state index in [4.69, 9.17) is 0 Å². The van der Waals surface area contributed by atoms with Crippen molar-refractivity contribution in [1.82, 2.24) is 15.2 Å². The molecule has 1 aliphatic rings. The number of nitrogens with one attached hydrogen (secondary N) is 1. The molecule has 132 valence electrons. The minimum atomic E-state index is -0.152. The van der Waals surface area contributed by atoms with Gasteiger partial charge in [0, 0.05) is 42.7 Å². The molecule has 1 aromatic heterocycles. The zero-order valence-corrected chi connectivity index (χ0v) is 15.1. The third-order valence-electron chi connectivity index (χ3n) is 4.33. The Bertz CT molecular complexity index is 751. The molecule has 3 rings (SSSR count). The van der Waals surface area contributed by atoms with Crippen molar-refractivity contribution < 1.29 is 9.18 Å². The van der Waals surface area contributed by atoms with Crippen LogP contribution < -0.4 is 5.32 Å². The average Bonchev–Trinajstić information content (AvgIpc) is 3.02. The number of aromatic nitrogens is 1. The van der Waals surface area contributed by atoms with Crippen molar-refractivity contribution in [2.45, 2.75) is 32.4 Å². The lowest BCUT2D eigenvalue weighted by Gasteiger charge is -2.32. The summed E-state index contributed by atoms with van der Waals surface area (Å²) in [5, 5.41) is 5.96. The number of carbonyl (C=O) groups excluding carboxylic acids is 1. The van der Waals surface area contributed by atoms with E-state index < -0.39 is 0 Å². The summed E-state index contributed by atoms with van der Waals surface area (Å²) in [6.45, 7) is 4.27. The second kappa shape index (κ2) is 8.36. The highest BCUT2D eigenvalue weighted by molar-refractivity contribution is 7.09. The van der Waals surface area contributed by atoms with Gasteiger partial charge in [-0.1, -0.05) is 18.2 Å². The molecule has 1 aliphatic heterocycles. The van der Waals surface area contributed by atoms with Gasteiger partial charge in [-0.3, -0.25) is 9.69 Å². The molecule has 25 heavy (non-hydrogen) atoms. The minimum absolute atomic E-state index is 0.0850. The summed E-state index contributed by atoms with van der Waals surface area (Å²) in [4.78, 5) is 18.6. The minimum Gasteiger partial charge on any atom is -0.350 e. The lowest BCUT2D eigenvalue weighted by molar-refractivity contribution is -0.117. The van der Waals surface area contributed by atoms with Gasteiger partial charge in [0.2, 0.25) is 5.91 Å². The third-order valence-corrected chi connectivity index (χ3v) is 5.12. The van der Waals surface area contributed by atoms with E-state index in [2.05, 4.69) is 15.2 Å². The van der Waals surface area contributed by atoms with Crippen molar-refractivity contribution in [2.75, 3.05) is 13.1 Å². The predicted octanol–water partition coefficient (Wildman–Crippen LogP) is 3.38. The summed E-state index contributed by atoms with van der Waals surface area (Å²) in [5.41, 5.74) is 1.55. The molecule has 1 fully saturated rings. The van der Waals surface area contributed by atoms with Crippen LogP contribution in [0.5, 0.6) is 0 Å². The van der Waals surface area contributed by atoms with Gasteiger partial charge in [0.25, 0.3) is 0 Å². The second-order valence-corrected chi connectivity index (χ2v) is 7.34. The van der Waals surface area contributed by atoms with Gasteiger partial charge in [-0.05, 0) is 31.9 Å². The van der Waals surface area contributed by atoms with Crippen molar-refractivity contribution in [1.29, 1.82) is 0 Å². The molecule has 0 radical (unpaired) electrons. The highest BCUT2D eigenvalue weighted by Crippen LogP contribution is 2.16. The number of nitrogens with zero attached hydrogens (tertiary/aromatic N) is 2. The van der Waals surface area contributed by atoms with Crippen LogP contribution >= 0.6 is 11.3 Å². The number of thiazole rings is 1. The number of hydrogen-bond acceptors (Lipinski definition) is 4. The molecule has 0 bridgehead atoms. The number of aryl methyl sites for hydroxylation is 1. The molecule has 4 nitrogen and oxygen atoms in total. The standard InChI is InChI=1S/C19H22FN3OS/c1-14-21-17(13-25-14)6-7-19(24)22-16-8-10-23(11-9-16)12-15-4-2-3-5-18(15)20/h2-7,13,16H,8-12H2,1H3,(H,22,24)/b7-6+. The third kappa shape index (κ3) is 5.21. The first-order chi connectivity index (χ1) is 12.1. The monoisotopic (exact) mass is 359 g/mol. The van der Waals surface area contributed by atoms with E-state index in [-0.39, 0.29) is 17.8 Å². The van der Waals surface area contributed by atoms with Crippen LogP contribution in [0.25, 0.3) is 6.08 Å². The SMILES string of the molecule is Cc1nc(/C=C/C(=O)NC2CCN(Cc3ccccc3F)CC2)cs1. The Balaban J connectivity index is 1.44. The van der Waals surface area contributed by atoms with Crippen molar-refractivity contribution in [3.8, 4) is 0 Å². The van der Waals surface area contributed by atoms with Crippen LogP contribution in [-0.2, 0) is 11.3 Å². The molecule has 2 heterocycles. The van der Waals surface area contributed by atoms with Gasteiger partial charge in [0.05, 0.1) is 10.7 Å². The van der Waals surface area contributed by atoms with Crippen molar-refractivity contribution >= 4 is 23.3 Å². The molecule has 0 atom stereocenters. The molecular weight excluding hydrogens is 337 g/mol. The Hall–Kier alpha value is -2.05. The first-order valence-electron chi connectivity index (χ1n) is 8.46. The number of hydrogen-bond donors (Lipinski definition) is 1. The van der Waals surface area contributed by atoms with Crippen LogP contribution in [0, 0.1) is 12.7 Å². The summed E-state index contributed by atoms with van der Waals surface area (Å²) >= 11 is 1.57. The van der Waals surface area contributed by atoms with Crippen molar-refractivity contribution in [3.63, 3.8) is 0 Å². The van der Waals surface area contributed by atoms with E-state index in [0.717, 1.165) is 42.2 Å². The summed E-state index contributed by atoms with van der Waals surface area (Å²) in [6.07, 6.45) is 5.04. The fourth-order valence-electron chi connectivity index (χ4n) is 2.97. The fraction of sp³-hybridized carbons (Fsp3) is 0.368. The molecule has 2 aromatic rings. The number of benzene rings is 1. The number of halogens is 1. The highest BCUT2D eigenvalue weighted by atomic mass is 32.1. The zero-order chi connectivity index (χ0) is 17.6. The number of amides is 1. The van der Waals surface area contributed by atoms with Gasteiger partial charge in [-0.2, -0.15) is 0 Å². The summed E-state index contributed by atoms with van der Waals surface area (Å²) in [7, 11) is 0. The molecule has 6 heteroatoms. The van der Waals surface area contributed by atoms with E-state index in [1.54, 1.807) is 29.6 Å². The molecular formula is C19H22FN3OS. The maximum Gasteiger partial charge on any atom is 0.244 e. The van der Waals surface area contributed by atoms with Gasteiger partial charge < -0.3 is 5.32 Å². The Labute approximate surface area is 151 Å². The van der Waals surface area contributed by atoms with Crippen LogP contribution in [0.4, 0.5) is 4.39 Å². The lowest BCUT2D eigenvalue weighted by atomic mass is 10.0. The molecule has 0 spiro atoms. The number of rotatable bonds is 5. The van der Waals surface area contributed by atoms with Gasteiger partial charge in [0.15, 0.2) is 0 Å². The van der Waals surface area contributed by atoms with Crippen LogP contribution in [0.15, 0.2) is 35.7 Å². The van der Waals surface area contributed by atoms with Crippen LogP contribution in [0.3, 0.4) is 0 Å². The van der Waals surface area contributed by atoms with Crippen LogP contribution in [0.2, 0.25) is 0 Å². The largest absolute Gasteiger partial charge is 0.350 e. The van der Waals surface area contributed by atoms with Crippen LogP contribution in [0.1, 0.15) is 29.1 Å². The molecule has 0 saturated carbocycles. The first-order valence-corrected chi connectivity index (χ1v) is 9.34. The fourth-order valence-corrected chi connectivity index (χ4v) is 3.55. The number of likely N-dealkylation sites (tertiary alicyclic amines) is 1. The Morgan fingerprint density at radius 2 is 2.16 bits per heavy atom. The Kier molecular flexibility index (Phi) is 5.94. The molecule has 1 amide bonds. The topological polar surface area (TPSA) is 45.2 Å². The summed E-state index contributed by atoms with van der Waals surface area (Å²) < 4.78 is 13.7. The molecule has 1 saturated heterocycles. The number of carbonyl (C=O) groups is 1.